The van der Waals surface area contributed by atoms with E-state index in [0.29, 0.717) is 23.8 Å². The van der Waals surface area contributed by atoms with Crippen molar-refractivity contribution in [1.82, 2.24) is 9.88 Å². The summed E-state index contributed by atoms with van der Waals surface area (Å²) in [6.45, 7) is 2.96. The summed E-state index contributed by atoms with van der Waals surface area (Å²) in [7, 11) is 0. The van der Waals surface area contributed by atoms with Crippen molar-refractivity contribution in [2.24, 2.45) is 5.92 Å². The van der Waals surface area contributed by atoms with E-state index in [0.717, 1.165) is 5.56 Å². The Bertz CT molecular complexity index is 729. The Labute approximate surface area is 137 Å². The number of carbonyl (C=O) groups excluding carboxylic acids is 2. The Morgan fingerprint density at radius 3 is 2.83 bits per heavy atom. The molecule has 120 valence electrons. The molecule has 2 heterocycles. The van der Waals surface area contributed by atoms with Gasteiger partial charge in [0.2, 0.25) is 11.8 Å². The van der Waals surface area contributed by atoms with Crippen molar-refractivity contribution >= 4 is 28.2 Å². The van der Waals surface area contributed by atoms with Crippen LogP contribution in [0.15, 0.2) is 29.8 Å². The Morgan fingerprint density at radius 2 is 2.17 bits per heavy atom. The van der Waals surface area contributed by atoms with Gasteiger partial charge in [0.15, 0.2) is 0 Å². The highest BCUT2D eigenvalue weighted by Crippen LogP contribution is 2.31. The molecule has 1 N–H and O–H groups in total. The number of amides is 2. The maximum atomic E-state index is 13.0. The molecule has 1 aromatic heterocycles. The minimum absolute atomic E-state index is 0.00992. The molecule has 1 aliphatic heterocycles. The summed E-state index contributed by atoms with van der Waals surface area (Å²) in [6.07, 6.45) is 0.240. The third-order valence-corrected chi connectivity index (χ3v) is 4.63. The molecule has 2 aromatic rings. The highest BCUT2D eigenvalue weighted by Gasteiger charge is 2.33. The van der Waals surface area contributed by atoms with E-state index in [1.165, 1.54) is 23.5 Å². The molecule has 2 amide bonds. The van der Waals surface area contributed by atoms with Crippen LogP contribution in [0.25, 0.3) is 11.3 Å². The lowest BCUT2D eigenvalue weighted by atomic mass is 10.1. The summed E-state index contributed by atoms with van der Waals surface area (Å²) < 4.78 is 13.0. The molecule has 0 saturated carbocycles. The maximum Gasteiger partial charge on any atom is 0.230 e. The molecular weight excluding hydrogens is 317 g/mol. The smallest absolute Gasteiger partial charge is 0.230 e. The minimum atomic E-state index is -0.342. The molecule has 5 nitrogen and oxygen atoms in total. The van der Waals surface area contributed by atoms with Gasteiger partial charge in [-0.05, 0) is 31.2 Å². The third kappa shape index (κ3) is 3.24. The second-order valence-corrected chi connectivity index (χ2v) is 6.21. The number of nitrogens with one attached hydrogen (secondary N) is 1. The van der Waals surface area contributed by atoms with Crippen molar-refractivity contribution in [3.05, 3.63) is 35.6 Å². The fourth-order valence-electron chi connectivity index (χ4n) is 2.62. The van der Waals surface area contributed by atoms with Gasteiger partial charge in [-0.25, -0.2) is 9.37 Å². The van der Waals surface area contributed by atoms with Gasteiger partial charge in [-0.15, -0.1) is 11.3 Å². The van der Waals surface area contributed by atoms with Gasteiger partial charge in [0.05, 0.1) is 11.4 Å². The number of aromatic nitrogens is 1. The Morgan fingerprint density at radius 1 is 1.43 bits per heavy atom. The van der Waals surface area contributed by atoms with Crippen LogP contribution in [0.2, 0.25) is 0 Å². The van der Waals surface area contributed by atoms with Gasteiger partial charge < -0.3 is 10.2 Å². The van der Waals surface area contributed by atoms with E-state index in [1.54, 1.807) is 22.5 Å². The number of halogens is 1. The summed E-state index contributed by atoms with van der Waals surface area (Å²) in [5.74, 6) is -0.832. The van der Waals surface area contributed by atoms with Crippen LogP contribution in [-0.4, -0.2) is 34.8 Å². The first-order valence-electron chi connectivity index (χ1n) is 7.36. The number of thiazole rings is 1. The van der Waals surface area contributed by atoms with Gasteiger partial charge in [0.1, 0.15) is 16.5 Å². The summed E-state index contributed by atoms with van der Waals surface area (Å²) in [5.41, 5.74) is 2.98. The molecule has 0 unspecified atom stereocenters. The van der Waals surface area contributed by atoms with E-state index in [9.17, 15) is 14.0 Å². The fraction of sp³-hybridized carbons (Fsp3) is 0.312. The zero-order valence-electron chi connectivity index (χ0n) is 12.6. The van der Waals surface area contributed by atoms with Crippen LogP contribution >= 0.6 is 11.3 Å². The lowest BCUT2D eigenvalue weighted by molar-refractivity contribution is -0.128. The largest absolute Gasteiger partial charge is 0.342 e. The predicted octanol–water partition coefficient (Wildman–Crippen LogP) is 2.76. The number of likely N-dealkylation sites (tertiary alicyclic amines) is 1. The molecule has 0 spiro atoms. The summed E-state index contributed by atoms with van der Waals surface area (Å²) in [6, 6.07) is 5.96. The average molecular weight is 333 g/mol. The Balaban J connectivity index is 1.74. The van der Waals surface area contributed by atoms with Crippen LogP contribution in [0.4, 0.5) is 9.39 Å². The second-order valence-electron chi connectivity index (χ2n) is 5.36. The number of hydrogen-bond acceptors (Lipinski definition) is 4. The van der Waals surface area contributed by atoms with E-state index >= 15 is 0 Å². The monoisotopic (exact) mass is 333 g/mol. The first-order chi connectivity index (χ1) is 11.1. The minimum Gasteiger partial charge on any atom is -0.342 e. The third-order valence-electron chi connectivity index (χ3n) is 3.89. The zero-order chi connectivity index (χ0) is 16.4. The molecular formula is C16H16FN3O2S. The lowest BCUT2D eigenvalue weighted by Gasteiger charge is -2.13. The molecule has 1 aromatic carbocycles. The van der Waals surface area contributed by atoms with E-state index in [4.69, 9.17) is 0 Å². The van der Waals surface area contributed by atoms with Gasteiger partial charge in [0, 0.05) is 25.1 Å². The number of carbonyl (C=O) groups is 2. The summed E-state index contributed by atoms with van der Waals surface area (Å²) >= 11 is 1.31. The first-order valence-corrected chi connectivity index (χ1v) is 8.24. The SMILES string of the molecule is CCN1C[C@@H](C(=O)Nc2scnc2-c2ccc(F)cc2)CC1=O. The standard InChI is InChI=1S/C16H16FN3O2S/c1-2-20-8-11(7-13(20)21)15(22)19-16-14(18-9-23-16)10-3-5-12(17)6-4-10/h3-6,9,11H,2,7-8H2,1H3,(H,19,22)/t11-/m0/s1. The topological polar surface area (TPSA) is 62.3 Å². The van der Waals surface area contributed by atoms with Crippen molar-refractivity contribution in [2.45, 2.75) is 13.3 Å². The molecule has 3 rings (SSSR count). The van der Waals surface area contributed by atoms with E-state index in [-0.39, 0.29) is 30.0 Å². The summed E-state index contributed by atoms with van der Waals surface area (Å²) in [4.78, 5) is 30.1. The Kier molecular flexibility index (Phi) is 4.38. The van der Waals surface area contributed by atoms with Gasteiger partial charge in [0.25, 0.3) is 0 Å². The van der Waals surface area contributed by atoms with Crippen LogP contribution < -0.4 is 5.32 Å². The zero-order valence-corrected chi connectivity index (χ0v) is 13.4. The average Bonchev–Trinajstić information content (AvgIpc) is 3.14. The maximum absolute atomic E-state index is 13.0. The molecule has 1 fully saturated rings. The summed E-state index contributed by atoms with van der Waals surface area (Å²) in [5, 5.41) is 3.47. The molecule has 7 heteroatoms. The van der Waals surface area contributed by atoms with Gasteiger partial charge in [-0.2, -0.15) is 0 Å². The van der Waals surface area contributed by atoms with E-state index < -0.39 is 0 Å². The Hall–Kier alpha value is -2.28. The molecule has 1 aliphatic rings. The van der Waals surface area contributed by atoms with Crippen molar-refractivity contribution in [1.29, 1.82) is 0 Å². The van der Waals surface area contributed by atoms with Crippen LogP contribution in [0, 0.1) is 11.7 Å². The molecule has 1 saturated heterocycles. The van der Waals surface area contributed by atoms with Gasteiger partial charge in [-0.3, -0.25) is 9.59 Å². The van der Waals surface area contributed by atoms with Crippen LogP contribution in [0.5, 0.6) is 0 Å². The quantitative estimate of drug-likeness (QED) is 0.936. The molecule has 0 aliphatic carbocycles. The van der Waals surface area contributed by atoms with Crippen LogP contribution in [-0.2, 0) is 9.59 Å². The van der Waals surface area contributed by atoms with Gasteiger partial charge >= 0.3 is 0 Å². The normalized spacial score (nSPS) is 17.6. The number of anilines is 1. The molecule has 23 heavy (non-hydrogen) atoms. The lowest BCUT2D eigenvalue weighted by Crippen LogP contribution is -2.28. The number of rotatable bonds is 4. The molecule has 1 atom stereocenters. The molecule has 0 bridgehead atoms. The van der Waals surface area contributed by atoms with Crippen molar-refractivity contribution in [3.63, 3.8) is 0 Å². The highest BCUT2D eigenvalue weighted by atomic mass is 32.1. The van der Waals surface area contributed by atoms with Crippen LogP contribution in [0.1, 0.15) is 13.3 Å². The number of nitrogens with zero attached hydrogens (tertiary/aromatic N) is 2. The molecule has 0 radical (unpaired) electrons. The predicted molar refractivity (Wildman–Crippen MR) is 86.5 cm³/mol. The highest BCUT2D eigenvalue weighted by molar-refractivity contribution is 7.14. The van der Waals surface area contributed by atoms with Crippen molar-refractivity contribution in [2.75, 3.05) is 18.4 Å². The van der Waals surface area contributed by atoms with E-state index in [2.05, 4.69) is 10.3 Å². The van der Waals surface area contributed by atoms with Crippen LogP contribution in [0.3, 0.4) is 0 Å². The first kappa shape index (κ1) is 15.6. The number of hydrogen-bond donors (Lipinski definition) is 1. The van der Waals surface area contributed by atoms with Crippen molar-refractivity contribution < 1.29 is 14.0 Å². The number of benzene rings is 1. The van der Waals surface area contributed by atoms with E-state index in [1.807, 2.05) is 6.92 Å². The fourth-order valence-corrected chi connectivity index (χ4v) is 3.32. The second kappa shape index (κ2) is 6.45. The van der Waals surface area contributed by atoms with Gasteiger partial charge in [-0.1, -0.05) is 0 Å². The van der Waals surface area contributed by atoms with Crippen molar-refractivity contribution in [3.8, 4) is 11.3 Å².